The van der Waals surface area contributed by atoms with Crippen LogP contribution in [0.3, 0.4) is 0 Å². The van der Waals surface area contributed by atoms with Crippen LogP contribution < -0.4 is 10.6 Å². The van der Waals surface area contributed by atoms with Crippen molar-refractivity contribution in [3.05, 3.63) is 54.1 Å². The van der Waals surface area contributed by atoms with Gasteiger partial charge in [0.15, 0.2) is 0 Å². The van der Waals surface area contributed by atoms with Crippen molar-refractivity contribution in [1.29, 1.82) is 5.26 Å². The molecule has 3 N–H and O–H groups in total. The van der Waals surface area contributed by atoms with E-state index in [-0.39, 0.29) is 0 Å². The van der Waals surface area contributed by atoms with Crippen molar-refractivity contribution in [2.45, 2.75) is 12.5 Å². The van der Waals surface area contributed by atoms with Crippen LogP contribution in [0.4, 0.5) is 11.6 Å². The molecule has 9 nitrogen and oxygen atoms in total. The van der Waals surface area contributed by atoms with E-state index in [0.29, 0.717) is 17.4 Å². The lowest BCUT2D eigenvalue weighted by Crippen LogP contribution is -2.51. The van der Waals surface area contributed by atoms with Gasteiger partial charge in [0.05, 0.1) is 23.4 Å². The summed E-state index contributed by atoms with van der Waals surface area (Å²) >= 11 is 0. The van der Waals surface area contributed by atoms with Crippen LogP contribution in [0.1, 0.15) is 23.6 Å². The zero-order chi connectivity index (χ0) is 21.9. The SMILES string of the molecule is N#Cc1ccc([C@H](CN2CCC2)N2CCN(c3ncnc(N)c3-c3cn[nH]c3)CC2)cc1. The summed E-state index contributed by atoms with van der Waals surface area (Å²) in [7, 11) is 0. The molecule has 2 saturated heterocycles. The lowest BCUT2D eigenvalue weighted by molar-refractivity contribution is 0.0966. The second-order valence-electron chi connectivity index (χ2n) is 8.37. The number of aromatic nitrogens is 4. The molecule has 2 fully saturated rings. The van der Waals surface area contributed by atoms with Crippen LogP contribution in [0, 0.1) is 11.3 Å². The van der Waals surface area contributed by atoms with E-state index in [0.717, 1.165) is 49.7 Å². The molecule has 2 aromatic heterocycles. The van der Waals surface area contributed by atoms with Gasteiger partial charge >= 0.3 is 0 Å². The van der Waals surface area contributed by atoms with Crippen LogP contribution in [0.2, 0.25) is 0 Å². The minimum atomic E-state index is 0.314. The van der Waals surface area contributed by atoms with Gasteiger partial charge in [-0.3, -0.25) is 10.00 Å². The third kappa shape index (κ3) is 4.02. The molecule has 3 aromatic rings. The summed E-state index contributed by atoms with van der Waals surface area (Å²) in [4.78, 5) is 16.1. The van der Waals surface area contributed by atoms with E-state index in [2.05, 4.69) is 53.1 Å². The molecular weight excluding hydrogens is 402 g/mol. The number of piperazine rings is 1. The number of hydrogen-bond acceptors (Lipinski definition) is 8. The van der Waals surface area contributed by atoms with E-state index in [1.165, 1.54) is 31.4 Å². The highest BCUT2D eigenvalue weighted by Crippen LogP contribution is 2.33. The van der Waals surface area contributed by atoms with E-state index < -0.39 is 0 Å². The largest absolute Gasteiger partial charge is 0.383 e. The van der Waals surface area contributed by atoms with E-state index in [9.17, 15) is 0 Å². The fraction of sp³-hybridized carbons (Fsp3) is 0.391. The molecule has 0 amide bonds. The summed E-state index contributed by atoms with van der Waals surface area (Å²) in [6, 6.07) is 10.6. The molecule has 9 heteroatoms. The van der Waals surface area contributed by atoms with Crippen molar-refractivity contribution in [2.75, 3.05) is 56.4 Å². The maximum Gasteiger partial charge on any atom is 0.142 e. The normalized spacial score (nSPS) is 18.2. The first-order chi connectivity index (χ1) is 15.7. The van der Waals surface area contributed by atoms with Gasteiger partial charge in [0, 0.05) is 50.5 Å². The highest BCUT2D eigenvalue weighted by molar-refractivity contribution is 5.83. The van der Waals surface area contributed by atoms with Gasteiger partial charge in [0.25, 0.3) is 0 Å². The maximum atomic E-state index is 9.16. The van der Waals surface area contributed by atoms with Gasteiger partial charge in [-0.1, -0.05) is 12.1 Å². The van der Waals surface area contributed by atoms with Gasteiger partial charge in [-0.15, -0.1) is 0 Å². The Morgan fingerprint density at radius 3 is 2.47 bits per heavy atom. The molecule has 2 aliphatic heterocycles. The van der Waals surface area contributed by atoms with Crippen LogP contribution in [0.5, 0.6) is 0 Å². The molecular formula is C23H27N9. The van der Waals surface area contributed by atoms with Crippen LogP contribution in [0.15, 0.2) is 43.0 Å². The second-order valence-corrected chi connectivity index (χ2v) is 8.37. The summed E-state index contributed by atoms with van der Waals surface area (Å²) < 4.78 is 0. The van der Waals surface area contributed by atoms with Gasteiger partial charge in [-0.25, -0.2) is 9.97 Å². The van der Waals surface area contributed by atoms with Crippen LogP contribution >= 0.6 is 0 Å². The Labute approximate surface area is 187 Å². The van der Waals surface area contributed by atoms with Crippen LogP contribution in [-0.4, -0.2) is 75.8 Å². The molecule has 0 saturated carbocycles. The second kappa shape index (κ2) is 8.94. The molecule has 2 aliphatic rings. The number of aromatic amines is 1. The number of hydrogen-bond donors (Lipinski definition) is 2. The Hall–Kier alpha value is -3.48. The van der Waals surface area contributed by atoms with Crippen LogP contribution in [-0.2, 0) is 0 Å². The summed E-state index contributed by atoms with van der Waals surface area (Å²) in [6.45, 7) is 6.91. The summed E-state index contributed by atoms with van der Waals surface area (Å²) in [5, 5.41) is 16.1. The highest BCUT2D eigenvalue weighted by Gasteiger charge is 2.30. The lowest BCUT2D eigenvalue weighted by Gasteiger charge is -2.43. The Morgan fingerprint density at radius 2 is 1.84 bits per heavy atom. The van der Waals surface area contributed by atoms with Gasteiger partial charge < -0.3 is 15.5 Å². The number of rotatable bonds is 6. The molecule has 4 heterocycles. The standard InChI is InChI=1S/C23H27N9/c24-12-17-2-4-18(5-3-17)20(15-30-6-1-7-30)31-8-10-32(11-9-31)23-21(19-13-28-29-14-19)22(25)26-16-27-23/h2-5,13-14,16,20H,1,6-11,15H2,(H,28,29)(H2,25,26,27)/t20-/m0/s1. The minimum Gasteiger partial charge on any atom is -0.383 e. The topological polar surface area (TPSA) is 114 Å². The van der Waals surface area contributed by atoms with E-state index >= 15 is 0 Å². The fourth-order valence-electron chi connectivity index (χ4n) is 4.56. The average molecular weight is 430 g/mol. The Balaban J connectivity index is 1.34. The molecule has 1 aromatic carbocycles. The van der Waals surface area contributed by atoms with Crippen molar-refractivity contribution in [3.63, 3.8) is 0 Å². The molecule has 0 radical (unpaired) electrons. The Kier molecular flexibility index (Phi) is 5.71. The third-order valence-corrected chi connectivity index (χ3v) is 6.50. The number of nitrogens with zero attached hydrogens (tertiary/aromatic N) is 7. The number of nitrogen functional groups attached to an aromatic ring is 1. The number of nitriles is 1. The summed E-state index contributed by atoms with van der Waals surface area (Å²) in [6.07, 6.45) is 6.38. The summed E-state index contributed by atoms with van der Waals surface area (Å²) in [5.74, 6) is 1.32. The number of likely N-dealkylation sites (tertiary alicyclic amines) is 1. The maximum absolute atomic E-state index is 9.16. The predicted molar refractivity (Wildman–Crippen MR) is 123 cm³/mol. The lowest BCUT2D eigenvalue weighted by atomic mass is 10.0. The molecule has 0 aliphatic carbocycles. The zero-order valence-corrected chi connectivity index (χ0v) is 18.0. The third-order valence-electron chi connectivity index (χ3n) is 6.50. The fourth-order valence-corrected chi connectivity index (χ4v) is 4.56. The molecule has 0 spiro atoms. The van der Waals surface area contributed by atoms with Crippen molar-refractivity contribution in [2.24, 2.45) is 0 Å². The number of benzene rings is 1. The summed E-state index contributed by atoms with van der Waals surface area (Å²) in [5.41, 5.74) is 9.92. The monoisotopic (exact) mass is 429 g/mol. The van der Waals surface area contributed by atoms with Crippen LogP contribution in [0.25, 0.3) is 11.1 Å². The number of nitrogens with two attached hydrogens (primary N) is 1. The predicted octanol–water partition coefficient (Wildman–Crippen LogP) is 1.89. The average Bonchev–Trinajstić information content (AvgIpc) is 3.33. The zero-order valence-electron chi connectivity index (χ0n) is 18.0. The molecule has 32 heavy (non-hydrogen) atoms. The molecule has 5 rings (SSSR count). The van der Waals surface area contributed by atoms with Gasteiger partial charge in [0.2, 0.25) is 0 Å². The first-order valence-electron chi connectivity index (χ1n) is 11.0. The van der Waals surface area contributed by atoms with Gasteiger partial charge in [0.1, 0.15) is 18.0 Å². The molecule has 0 unspecified atom stereocenters. The van der Waals surface area contributed by atoms with Crippen molar-refractivity contribution in [3.8, 4) is 17.2 Å². The number of nitrogens with one attached hydrogen (secondary N) is 1. The smallest absolute Gasteiger partial charge is 0.142 e. The van der Waals surface area contributed by atoms with Crippen molar-refractivity contribution >= 4 is 11.6 Å². The van der Waals surface area contributed by atoms with Crippen molar-refractivity contribution in [1.82, 2.24) is 30.0 Å². The minimum absolute atomic E-state index is 0.314. The molecule has 1 atom stereocenters. The molecule has 164 valence electrons. The van der Waals surface area contributed by atoms with Crippen molar-refractivity contribution < 1.29 is 0 Å². The molecule has 0 bridgehead atoms. The van der Waals surface area contributed by atoms with Gasteiger partial charge in [-0.2, -0.15) is 10.4 Å². The number of H-pyrrole nitrogens is 1. The first-order valence-corrected chi connectivity index (χ1v) is 11.0. The van der Waals surface area contributed by atoms with E-state index in [1.54, 1.807) is 6.20 Å². The first kappa shape index (κ1) is 20.4. The Morgan fingerprint density at radius 1 is 1.06 bits per heavy atom. The quantitative estimate of drug-likeness (QED) is 0.611. The Bertz CT molecular complexity index is 1080. The van der Waals surface area contributed by atoms with E-state index in [4.69, 9.17) is 11.0 Å². The highest BCUT2D eigenvalue weighted by atomic mass is 15.3. The van der Waals surface area contributed by atoms with Gasteiger partial charge in [-0.05, 0) is 37.2 Å². The number of anilines is 2. The van der Waals surface area contributed by atoms with E-state index in [1.807, 2.05) is 18.3 Å².